The largest absolute Gasteiger partial charge is 0.490 e. The first-order valence-electron chi connectivity index (χ1n) is 14.8. The van der Waals surface area contributed by atoms with Gasteiger partial charge in [-0.2, -0.15) is 0 Å². The Morgan fingerprint density at radius 1 is 1.21 bits per heavy atom. The van der Waals surface area contributed by atoms with Gasteiger partial charge < -0.3 is 19.5 Å². The predicted octanol–water partition coefficient (Wildman–Crippen LogP) is 4.62. The first-order chi connectivity index (χ1) is 20.0. The zero-order chi connectivity index (χ0) is 29.7. The second kappa shape index (κ2) is 11.2. The molecule has 226 valence electrons. The van der Waals surface area contributed by atoms with E-state index in [0.29, 0.717) is 25.4 Å². The molecule has 1 saturated carbocycles. The molecule has 6 rings (SSSR count). The van der Waals surface area contributed by atoms with E-state index in [2.05, 4.69) is 21.8 Å². The molecule has 2 N–H and O–H groups in total. The Morgan fingerprint density at radius 2 is 2.05 bits per heavy atom. The second-order valence-electron chi connectivity index (χ2n) is 12.7. The van der Waals surface area contributed by atoms with Gasteiger partial charge in [0.15, 0.2) is 0 Å². The summed E-state index contributed by atoms with van der Waals surface area (Å²) in [5.41, 5.74) is 3.23. The molecular weight excluding hydrogens is 576 g/mol. The van der Waals surface area contributed by atoms with Gasteiger partial charge in [-0.1, -0.05) is 29.8 Å². The van der Waals surface area contributed by atoms with Gasteiger partial charge in [0.05, 0.1) is 25.0 Å². The molecule has 1 fully saturated rings. The molecule has 2 aliphatic heterocycles. The van der Waals surface area contributed by atoms with Crippen molar-refractivity contribution >= 4 is 33.2 Å². The quantitative estimate of drug-likeness (QED) is 0.476. The number of nitrogens with one attached hydrogen (secondary N) is 1. The number of allylic oxidation sites excluding steroid dienone is 1. The van der Waals surface area contributed by atoms with Crippen LogP contribution >= 0.6 is 11.6 Å². The van der Waals surface area contributed by atoms with Gasteiger partial charge in [0.1, 0.15) is 10.5 Å². The standard InChI is InChI=1S/C32H39ClN2O6S/c1-31(19-40-2)13-4-6-28(36)25-10-7-23(25)17-35-18-32(14-3-5-21-15-24(33)9-11-26(21)32)20-41-29-12-8-22(16-27(29)35)30(37)34-42(31,38)39/h4,6,8-9,11-12,15-16,23,25,28,36H,3,5,7,10,13-14,17-20H2,1-2H3,(H,34,37)/b6-4+/t23-,25+,28-,31?,32-/m0/s1. The molecule has 2 heterocycles. The minimum atomic E-state index is -4.15. The van der Waals surface area contributed by atoms with E-state index in [9.17, 15) is 18.3 Å². The molecule has 1 unspecified atom stereocenters. The van der Waals surface area contributed by atoms with Gasteiger partial charge in [-0.25, -0.2) is 13.1 Å². The monoisotopic (exact) mass is 614 g/mol. The number of halogens is 1. The molecule has 1 amide bonds. The van der Waals surface area contributed by atoms with Crippen LogP contribution in [0.25, 0.3) is 0 Å². The Bertz CT molecular complexity index is 1510. The summed E-state index contributed by atoms with van der Waals surface area (Å²) in [5.74, 6) is 0.257. The Kier molecular flexibility index (Phi) is 7.83. The zero-order valence-electron chi connectivity index (χ0n) is 24.1. The van der Waals surface area contributed by atoms with Crippen LogP contribution in [0.4, 0.5) is 5.69 Å². The highest BCUT2D eigenvalue weighted by atomic mass is 35.5. The number of nitrogens with zero attached hydrogens (tertiary/aromatic N) is 1. The van der Waals surface area contributed by atoms with Gasteiger partial charge in [0.25, 0.3) is 5.91 Å². The molecule has 2 aliphatic carbocycles. The van der Waals surface area contributed by atoms with Crippen LogP contribution in [0.2, 0.25) is 5.02 Å². The van der Waals surface area contributed by atoms with Crippen LogP contribution in [0, 0.1) is 11.8 Å². The Morgan fingerprint density at radius 3 is 2.81 bits per heavy atom. The summed E-state index contributed by atoms with van der Waals surface area (Å²) in [5, 5.41) is 11.9. The number of ether oxygens (including phenoxy) is 2. The lowest BCUT2D eigenvalue weighted by Gasteiger charge is -2.45. The van der Waals surface area contributed by atoms with Crippen LogP contribution in [-0.4, -0.2) is 63.7 Å². The molecule has 10 heteroatoms. The van der Waals surface area contributed by atoms with E-state index in [1.807, 2.05) is 6.07 Å². The number of benzene rings is 2. The van der Waals surface area contributed by atoms with Crippen molar-refractivity contribution in [1.29, 1.82) is 0 Å². The average Bonchev–Trinajstić information content (AvgIpc) is 3.07. The van der Waals surface area contributed by atoms with Crippen molar-refractivity contribution in [2.45, 2.75) is 61.7 Å². The van der Waals surface area contributed by atoms with Crippen LogP contribution < -0.4 is 14.4 Å². The molecule has 0 radical (unpaired) electrons. The lowest BCUT2D eigenvalue weighted by Crippen LogP contribution is -2.49. The fraction of sp³-hybridized carbons (Fsp3) is 0.531. The van der Waals surface area contributed by atoms with E-state index in [4.69, 9.17) is 21.1 Å². The number of anilines is 1. The number of methoxy groups -OCH3 is 1. The van der Waals surface area contributed by atoms with E-state index >= 15 is 0 Å². The topological polar surface area (TPSA) is 105 Å². The number of carbonyl (C=O) groups is 1. The van der Waals surface area contributed by atoms with Gasteiger partial charge in [-0.05, 0) is 98.7 Å². The van der Waals surface area contributed by atoms with Crippen molar-refractivity contribution in [2.24, 2.45) is 11.8 Å². The first kappa shape index (κ1) is 29.5. The average molecular weight is 615 g/mol. The van der Waals surface area contributed by atoms with Crippen molar-refractivity contribution in [3.63, 3.8) is 0 Å². The number of aliphatic hydroxyl groups is 1. The van der Waals surface area contributed by atoms with E-state index < -0.39 is 26.8 Å². The molecular formula is C32H39ClN2O6S. The van der Waals surface area contributed by atoms with Crippen LogP contribution in [0.1, 0.15) is 60.5 Å². The maximum absolute atomic E-state index is 13.5. The second-order valence-corrected chi connectivity index (χ2v) is 15.4. The van der Waals surface area contributed by atoms with Gasteiger partial charge in [-0.15, -0.1) is 0 Å². The number of aliphatic hydroxyl groups excluding tert-OH is 1. The molecule has 42 heavy (non-hydrogen) atoms. The highest BCUT2D eigenvalue weighted by molar-refractivity contribution is 7.91. The lowest BCUT2D eigenvalue weighted by atomic mass is 9.68. The summed E-state index contributed by atoms with van der Waals surface area (Å²) in [6.45, 7) is 3.30. The van der Waals surface area contributed by atoms with Gasteiger partial charge in [0.2, 0.25) is 10.0 Å². The van der Waals surface area contributed by atoms with Gasteiger partial charge in [-0.3, -0.25) is 4.79 Å². The highest BCUT2D eigenvalue weighted by Gasteiger charge is 2.45. The maximum Gasteiger partial charge on any atom is 0.264 e. The van der Waals surface area contributed by atoms with E-state index in [1.54, 1.807) is 37.3 Å². The van der Waals surface area contributed by atoms with Crippen LogP contribution in [0.15, 0.2) is 48.6 Å². The third-order valence-corrected chi connectivity index (χ3v) is 12.1. The summed E-state index contributed by atoms with van der Waals surface area (Å²) in [6, 6.07) is 11.3. The van der Waals surface area contributed by atoms with Crippen LogP contribution in [-0.2, 0) is 26.6 Å². The van der Waals surface area contributed by atoms with Gasteiger partial charge in [0, 0.05) is 36.2 Å². The van der Waals surface area contributed by atoms with Crippen molar-refractivity contribution in [1.82, 2.24) is 4.72 Å². The first-order valence-corrected chi connectivity index (χ1v) is 16.6. The Hall–Kier alpha value is -2.59. The summed E-state index contributed by atoms with van der Waals surface area (Å²) in [6.07, 6.45) is 7.63. The molecule has 4 aliphatic rings. The molecule has 2 bridgehead atoms. The smallest absolute Gasteiger partial charge is 0.264 e. The maximum atomic E-state index is 13.5. The molecule has 5 atom stereocenters. The molecule has 0 aromatic heterocycles. The molecule has 8 nitrogen and oxygen atoms in total. The fourth-order valence-corrected chi connectivity index (χ4v) is 8.66. The summed E-state index contributed by atoms with van der Waals surface area (Å²) in [4.78, 5) is 15.7. The normalized spacial score (nSPS) is 33.0. The Balaban J connectivity index is 1.43. The van der Waals surface area contributed by atoms with Gasteiger partial charge >= 0.3 is 0 Å². The van der Waals surface area contributed by atoms with Crippen LogP contribution in [0.3, 0.4) is 0 Å². The fourth-order valence-electron chi connectivity index (χ4n) is 7.26. The minimum Gasteiger partial charge on any atom is -0.490 e. The summed E-state index contributed by atoms with van der Waals surface area (Å²) >= 11 is 6.38. The SMILES string of the molecule is COCC1(C)C/C=C/[C@H](O)[C@@H]2CC[C@H]2CN2C[C@@]3(CCCc4cc(Cl)ccc43)COc3ccc(cc32)C(=O)NS1(=O)=O. The molecule has 2 aromatic carbocycles. The number of hydrogen-bond acceptors (Lipinski definition) is 7. The third-order valence-electron chi connectivity index (χ3n) is 9.88. The highest BCUT2D eigenvalue weighted by Crippen LogP contribution is 2.46. The van der Waals surface area contributed by atoms with E-state index in [1.165, 1.54) is 18.2 Å². The van der Waals surface area contributed by atoms with Crippen molar-refractivity contribution in [3.8, 4) is 5.75 Å². The zero-order valence-corrected chi connectivity index (χ0v) is 25.7. The lowest BCUT2D eigenvalue weighted by molar-refractivity contribution is 0.0455. The van der Waals surface area contributed by atoms with E-state index in [0.717, 1.165) is 42.8 Å². The van der Waals surface area contributed by atoms with Crippen molar-refractivity contribution in [2.75, 3.05) is 38.3 Å². The summed E-state index contributed by atoms with van der Waals surface area (Å²) < 4.78 is 39.7. The summed E-state index contributed by atoms with van der Waals surface area (Å²) in [7, 11) is -2.71. The Labute approximate surface area is 253 Å². The predicted molar refractivity (Wildman–Crippen MR) is 163 cm³/mol. The molecule has 0 saturated heterocycles. The third kappa shape index (κ3) is 5.23. The van der Waals surface area contributed by atoms with Crippen molar-refractivity contribution in [3.05, 3.63) is 70.3 Å². The van der Waals surface area contributed by atoms with Crippen molar-refractivity contribution < 1.29 is 27.8 Å². The van der Waals surface area contributed by atoms with Crippen LogP contribution in [0.5, 0.6) is 5.75 Å². The number of rotatable bonds is 2. The molecule has 2 aromatic rings. The number of carbonyl (C=O) groups excluding carboxylic acids is 1. The number of fused-ring (bicyclic) bond motifs is 4. The minimum absolute atomic E-state index is 0.0561. The molecule has 1 spiro atoms. The number of amides is 1. The number of aryl methyl sites for hydroxylation is 1. The number of sulfonamides is 1. The van der Waals surface area contributed by atoms with E-state index in [-0.39, 0.29) is 35.8 Å². The number of hydrogen-bond donors (Lipinski definition) is 2.